The molecule has 7 heteroatoms. The number of fused-ring (bicyclic) bond motifs is 2. The molecule has 0 spiro atoms. The van der Waals surface area contributed by atoms with Crippen LogP contribution < -0.4 is 15.0 Å². The van der Waals surface area contributed by atoms with Crippen molar-refractivity contribution < 1.29 is 19.1 Å². The van der Waals surface area contributed by atoms with E-state index in [0.29, 0.717) is 37.7 Å². The number of urea groups is 1. The average molecular weight is 421 g/mol. The predicted molar refractivity (Wildman–Crippen MR) is 116 cm³/mol. The van der Waals surface area contributed by atoms with E-state index in [0.717, 1.165) is 19.3 Å². The first kappa shape index (κ1) is 19.9. The van der Waals surface area contributed by atoms with Gasteiger partial charge in [0.2, 0.25) is 0 Å². The molecule has 162 valence electrons. The highest BCUT2D eigenvalue weighted by molar-refractivity contribution is 5.96. The van der Waals surface area contributed by atoms with E-state index in [9.17, 15) is 9.59 Å². The molecule has 2 heterocycles. The van der Waals surface area contributed by atoms with Gasteiger partial charge in [0.15, 0.2) is 6.10 Å². The molecule has 31 heavy (non-hydrogen) atoms. The third-order valence-electron chi connectivity index (χ3n) is 6.28. The van der Waals surface area contributed by atoms with E-state index in [-0.39, 0.29) is 24.5 Å². The number of benzene rings is 2. The fraction of sp³-hybridized carbons (Fsp3) is 0.417. The number of para-hydroxylation sites is 2. The number of nitrogens with one attached hydrogen (secondary N) is 1. The fourth-order valence-electron chi connectivity index (χ4n) is 4.67. The van der Waals surface area contributed by atoms with Crippen molar-refractivity contribution in [3.63, 3.8) is 0 Å². The van der Waals surface area contributed by atoms with Crippen molar-refractivity contribution >= 4 is 17.6 Å². The minimum absolute atomic E-state index is 0.0270. The second-order valence-corrected chi connectivity index (χ2v) is 8.22. The molecule has 1 saturated heterocycles. The van der Waals surface area contributed by atoms with Crippen molar-refractivity contribution in [3.8, 4) is 5.75 Å². The number of hydrogen-bond acceptors (Lipinski definition) is 4. The zero-order chi connectivity index (χ0) is 21.2. The number of carbonyl (C=O) groups is 2. The second kappa shape index (κ2) is 8.59. The van der Waals surface area contributed by atoms with Gasteiger partial charge in [0, 0.05) is 13.1 Å². The smallest absolute Gasteiger partial charge is 0.322 e. The zero-order valence-corrected chi connectivity index (χ0v) is 17.5. The Bertz CT molecular complexity index is 973. The van der Waals surface area contributed by atoms with Gasteiger partial charge in [-0.2, -0.15) is 0 Å². The van der Waals surface area contributed by atoms with Crippen LogP contribution in [0.2, 0.25) is 0 Å². The summed E-state index contributed by atoms with van der Waals surface area (Å²) in [6, 6.07) is 15.5. The molecular weight excluding hydrogens is 394 g/mol. The third kappa shape index (κ3) is 3.97. The molecule has 0 radical (unpaired) electrons. The lowest BCUT2D eigenvalue weighted by atomic mass is 9.88. The summed E-state index contributed by atoms with van der Waals surface area (Å²) < 4.78 is 11.4. The number of morpholine rings is 1. The van der Waals surface area contributed by atoms with Crippen molar-refractivity contribution in [2.75, 3.05) is 37.7 Å². The number of ether oxygens (including phenoxy) is 2. The molecule has 2 aromatic carbocycles. The molecule has 0 aromatic heterocycles. The van der Waals surface area contributed by atoms with Gasteiger partial charge in [-0.15, -0.1) is 0 Å². The second-order valence-electron chi connectivity index (χ2n) is 8.22. The Labute approximate surface area is 181 Å². The highest BCUT2D eigenvalue weighted by Crippen LogP contribution is 2.35. The molecule has 3 amide bonds. The number of anilines is 1. The summed E-state index contributed by atoms with van der Waals surface area (Å²) >= 11 is 0. The maximum Gasteiger partial charge on any atom is 0.322 e. The molecule has 3 aliphatic rings. The molecular formula is C24H27N3O4. The lowest BCUT2D eigenvalue weighted by molar-refractivity contribution is -0.142. The summed E-state index contributed by atoms with van der Waals surface area (Å²) in [5, 5.41) is 3.21. The Morgan fingerprint density at radius 1 is 1.00 bits per heavy atom. The average Bonchev–Trinajstić information content (AvgIpc) is 2.83. The van der Waals surface area contributed by atoms with E-state index < -0.39 is 6.10 Å². The number of aryl methyl sites for hydroxylation is 1. The van der Waals surface area contributed by atoms with Gasteiger partial charge in [-0.05, 0) is 42.5 Å². The van der Waals surface area contributed by atoms with Crippen molar-refractivity contribution in [1.82, 2.24) is 10.2 Å². The molecule has 1 aliphatic carbocycles. The van der Waals surface area contributed by atoms with Crippen LogP contribution in [0.1, 0.15) is 30.0 Å². The van der Waals surface area contributed by atoms with Gasteiger partial charge in [-0.25, -0.2) is 4.79 Å². The predicted octanol–water partition coefficient (Wildman–Crippen LogP) is 2.90. The van der Waals surface area contributed by atoms with Gasteiger partial charge >= 0.3 is 6.03 Å². The van der Waals surface area contributed by atoms with Crippen LogP contribution in [0.4, 0.5) is 10.5 Å². The van der Waals surface area contributed by atoms with Crippen molar-refractivity contribution in [2.45, 2.75) is 31.4 Å². The van der Waals surface area contributed by atoms with Gasteiger partial charge in [-0.3, -0.25) is 9.69 Å². The first-order chi connectivity index (χ1) is 15.2. The van der Waals surface area contributed by atoms with Gasteiger partial charge < -0.3 is 19.7 Å². The molecule has 2 atom stereocenters. The number of carbonyl (C=O) groups excluding carboxylic acids is 2. The lowest BCUT2D eigenvalue weighted by Gasteiger charge is -2.38. The molecule has 1 N–H and O–H groups in total. The van der Waals surface area contributed by atoms with E-state index in [2.05, 4.69) is 17.4 Å². The number of amides is 3. The fourth-order valence-corrected chi connectivity index (χ4v) is 4.67. The van der Waals surface area contributed by atoms with Crippen LogP contribution in [0.3, 0.4) is 0 Å². The quantitative estimate of drug-likeness (QED) is 0.810. The van der Waals surface area contributed by atoms with Crippen LogP contribution in [0, 0.1) is 0 Å². The molecule has 0 bridgehead atoms. The van der Waals surface area contributed by atoms with Crippen LogP contribution in [-0.4, -0.2) is 55.8 Å². The molecule has 7 nitrogen and oxygen atoms in total. The molecule has 1 unspecified atom stereocenters. The summed E-state index contributed by atoms with van der Waals surface area (Å²) in [6.45, 7) is 2.34. The van der Waals surface area contributed by atoms with Gasteiger partial charge in [0.1, 0.15) is 5.75 Å². The Morgan fingerprint density at radius 3 is 2.65 bits per heavy atom. The van der Waals surface area contributed by atoms with Gasteiger partial charge in [-0.1, -0.05) is 36.4 Å². The third-order valence-corrected chi connectivity index (χ3v) is 6.28. The maximum atomic E-state index is 13.4. The van der Waals surface area contributed by atoms with Crippen LogP contribution in [-0.2, 0) is 16.0 Å². The van der Waals surface area contributed by atoms with Crippen LogP contribution in [0.25, 0.3) is 0 Å². The van der Waals surface area contributed by atoms with Gasteiger partial charge in [0.25, 0.3) is 5.91 Å². The minimum atomic E-state index is -0.725. The van der Waals surface area contributed by atoms with Gasteiger partial charge in [0.05, 0.1) is 31.5 Å². The van der Waals surface area contributed by atoms with E-state index in [1.165, 1.54) is 11.1 Å². The zero-order valence-electron chi connectivity index (χ0n) is 17.5. The molecule has 0 saturated carbocycles. The van der Waals surface area contributed by atoms with Crippen LogP contribution in [0.15, 0.2) is 48.5 Å². The SMILES string of the molecule is O=C(C1CN(C(=O)N[C@@H]2CCCc3ccccc32)c2ccccc2O1)N1CCOCC1. The summed E-state index contributed by atoms with van der Waals surface area (Å²) in [6.07, 6.45) is 2.27. The summed E-state index contributed by atoms with van der Waals surface area (Å²) in [5.74, 6) is 0.457. The first-order valence-electron chi connectivity index (χ1n) is 11.0. The monoisotopic (exact) mass is 421 g/mol. The summed E-state index contributed by atoms with van der Waals surface area (Å²) in [5.41, 5.74) is 3.17. The van der Waals surface area contributed by atoms with E-state index in [1.807, 2.05) is 36.4 Å². The number of hydrogen-bond donors (Lipinski definition) is 1. The Hall–Kier alpha value is -3.06. The van der Waals surface area contributed by atoms with Crippen molar-refractivity contribution in [2.24, 2.45) is 0 Å². The highest BCUT2D eigenvalue weighted by atomic mass is 16.5. The van der Waals surface area contributed by atoms with E-state index in [1.54, 1.807) is 9.80 Å². The molecule has 5 rings (SSSR count). The standard InChI is InChI=1S/C24H27N3O4/c28-23(26-12-14-30-15-13-26)22-16-27(20-10-3-4-11-21(20)31-22)24(29)25-19-9-5-7-17-6-1-2-8-18(17)19/h1-4,6,8,10-11,19,22H,5,7,9,12-16H2,(H,25,29)/t19-,22?/m1/s1. The minimum Gasteiger partial charge on any atom is -0.476 e. The van der Waals surface area contributed by atoms with Crippen LogP contribution >= 0.6 is 0 Å². The Morgan fingerprint density at radius 2 is 1.77 bits per heavy atom. The molecule has 2 aliphatic heterocycles. The van der Waals surface area contributed by atoms with E-state index in [4.69, 9.17) is 9.47 Å². The van der Waals surface area contributed by atoms with Crippen LogP contribution in [0.5, 0.6) is 5.75 Å². The van der Waals surface area contributed by atoms with Crippen molar-refractivity contribution in [1.29, 1.82) is 0 Å². The highest BCUT2D eigenvalue weighted by Gasteiger charge is 2.37. The Kier molecular flexibility index (Phi) is 5.51. The normalized spacial score (nSPS) is 22.7. The molecule has 2 aromatic rings. The van der Waals surface area contributed by atoms with E-state index >= 15 is 0 Å². The Balaban J connectivity index is 1.37. The largest absolute Gasteiger partial charge is 0.476 e. The topological polar surface area (TPSA) is 71.1 Å². The number of rotatable bonds is 2. The molecule has 1 fully saturated rings. The van der Waals surface area contributed by atoms with Crippen molar-refractivity contribution in [3.05, 3.63) is 59.7 Å². The summed E-state index contributed by atoms with van der Waals surface area (Å²) in [4.78, 5) is 29.9. The summed E-state index contributed by atoms with van der Waals surface area (Å²) in [7, 11) is 0. The number of nitrogens with zero attached hydrogens (tertiary/aromatic N) is 2. The first-order valence-corrected chi connectivity index (χ1v) is 11.0. The maximum absolute atomic E-state index is 13.4. The lowest BCUT2D eigenvalue weighted by Crippen LogP contribution is -2.55.